The summed E-state index contributed by atoms with van der Waals surface area (Å²) >= 11 is 1.31. The molecule has 7 heteroatoms. The Morgan fingerprint density at radius 2 is 1.91 bits per heavy atom. The van der Waals surface area contributed by atoms with Crippen molar-refractivity contribution in [2.45, 2.75) is 44.6 Å². The van der Waals surface area contributed by atoms with Gasteiger partial charge in [0.05, 0.1) is 17.3 Å². The van der Waals surface area contributed by atoms with E-state index < -0.39 is 11.9 Å². The molecule has 0 aliphatic heterocycles. The molecule has 1 saturated carbocycles. The number of aliphatic carboxylic acids is 1. The van der Waals surface area contributed by atoms with Gasteiger partial charge in [0, 0.05) is 6.04 Å². The minimum atomic E-state index is -0.861. The fraction of sp³-hybridized carbons (Fsp3) is 0.562. The van der Waals surface area contributed by atoms with Crippen LogP contribution < -0.4 is 10.6 Å². The molecule has 3 N–H and O–H groups in total. The monoisotopic (exact) mass is 338 g/mol. The predicted octanol–water partition coefficient (Wildman–Crippen LogP) is 2.02. The summed E-state index contributed by atoms with van der Waals surface area (Å²) in [5.74, 6) is -2.04. The molecule has 1 aromatic rings. The summed E-state index contributed by atoms with van der Waals surface area (Å²) in [4.78, 5) is 35.8. The summed E-state index contributed by atoms with van der Waals surface area (Å²) < 4.78 is 0. The quantitative estimate of drug-likeness (QED) is 0.765. The van der Waals surface area contributed by atoms with Gasteiger partial charge < -0.3 is 15.7 Å². The minimum Gasteiger partial charge on any atom is -0.481 e. The molecule has 0 saturated heterocycles. The molecule has 1 fully saturated rings. The lowest BCUT2D eigenvalue weighted by atomic mass is 9.87. The second-order valence-electron chi connectivity index (χ2n) is 5.77. The Balaban J connectivity index is 1.86. The first-order chi connectivity index (χ1) is 11.1. The van der Waals surface area contributed by atoms with E-state index in [-0.39, 0.29) is 24.4 Å². The van der Waals surface area contributed by atoms with E-state index >= 15 is 0 Å². The molecule has 0 aromatic carbocycles. The maximum Gasteiger partial charge on any atom is 0.308 e. The molecule has 0 spiro atoms. The SMILES string of the molecule is O=C(CNC(=O)c1cccs1)NC1CCCCCCC1C(=O)O. The van der Waals surface area contributed by atoms with Gasteiger partial charge in [-0.15, -0.1) is 11.3 Å². The summed E-state index contributed by atoms with van der Waals surface area (Å²) in [6, 6.07) is 3.10. The third-order valence-corrected chi connectivity index (χ3v) is 4.95. The highest BCUT2D eigenvalue weighted by atomic mass is 32.1. The summed E-state index contributed by atoms with van der Waals surface area (Å²) in [5.41, 5.74) is 0. The second kappa shape index (κ2) is 8.67. The van der Waals surface area contributed by atoms with Gasteiger partial charge in [-0.25, -0.2) is 0 Å². The molecule has 0 radical (unpaired) electrons. The Bertz CT molecular complexity index is 544. The number of carbonyl (C=O) groups is 3. The zero-order chi connectivity index (χ0) is 16.7. The zero-order valence-corrected chi connectivity index (χ0v) is 13.7. The number of rotatable bonds is 5. The van der Waals surface area contributed by atoms with Crippen molar-refractivity contribution in [2.24, 2.45) is 5.92 Å². The summed E-state index contributed by atoms with van der Waals surface area (Å²) in [6.45, 7) is -0.139. The third kappa shape index (κ3) is 5.35. The number of carboxylic acids is 1. The van der Waals surface area contributed by atoms with Gasteiger partial charge in [0.1, 0.15) is 0 Å². The number of carbonyl (C=O) groups excluding carboxylic acids is 2. The molecule has 2 rings (SSSR count). The normalized spacial score (nSPS) is 21.7. The van der Waals surface area contributed by atoms with Crippen molar-refractivity contribution in [3.8, 4) is 0 Å². The smallest absolute Gasteiger partial charge is 0.308 e. The summed E-state index contributed by atoms with van der Waals surface area (Å²) in [5, 5.41) is 16.5. The van der Waals surface area contributed by atoms with E-state index in [1.165, 1.54) is 11.3 Å². The average Bonchev–Trinajstić information content (AvgIpc) is 3.01. The number of nitrogens with one attached hydrogen (secondary N) is 2. The average molecular weight is 338 g/mol. The van der Waals surface area contributed by atoms with E-state index in [0.717, 1.165) is 25.7 Å². The van der Waals surface area contributed by atoms with Gasteiger partial charge in [0.15, 0.2) is 0 Å². The maximum atomic E-state index is 12.0. The number of hydrogen-bond acceptors (Lipinski definition) is 4. The van der Waals surface area contributed by atoms with Crippen LogP contribution in [-0.4, -0.2) is 35.5 Å². The molecule has 126 valence electrons. The Kier molecular flexibility index (Phi) is 6.58. The maximum absolute atomic E-state index is 12.0. The lowest BCUT2D eigenvalue weighted by Gasteiger charge is -2.27. The van der Waals surface area contributed by atoms with Crippen LogP contribution in [0.3, 0.4) is 0 Å². The number of amides is 2. The Morgan fingerprint density at radius 3 is 2.57 bits per heavy atom. The molecule has 0 bridgehead atoms. The first kappa shape index (κ1) is 17.5. The van der Waals surface area contributed by atoms with Crippen LogP contribution in [0.15, 0.2) is 17.5 Å². The van der Waals surface area contributed by atoms with Crippen molar-refractivity contribution in [1.29, 1.82) is 0 Å². The van der Waals surface area contributed by atoms with E-state index in [9.17, 15) is 19.5 Å². The second-order valence-corrected chi connectivity index (χ2v) is 6.72. The van der Waals surface area contributed by atoms with Crippen molar-refractivity contribution < 1.29 is 19.5 Å². The first-order valence-electron chi connectivity index (χ1n) is 7.92. The number of carboxylic acid groups (broad SMARTS) is 1. The van der Waals surface area contributed by atoms with Crippen LogP contribution in [0.1, 0.15) is 48.2 Å². The van der Waals surface area contributed by atoms with Crippen LogP contribution in [0.5, 0.6) is 0 Å². The van der Waals surface area contributed by atoms with Crippen LogP contribution in [0.25, 0.3) is 0 Å². The van der Waals surface area contributed by atoms with Crippen molar-refractivity contribution in [3.63, 3.8) is 0 Å². The van der Waals surface area contributed by atoms with E-state index in [1.807, 2.05) is 0 Å². The van der Waals surface area contributed by atoms with Crippen LogP contribution in [-0.2, 0) is 9.59 Å². The molecular weight excluding hydrogens is 316 g/mol. The van der Waals surface area contributed by atoms with E-state index in [1.54, 1.807) is 17.5 Å². The Labute approximate surface area is 139 Å². The summed E-state index contributed by atoms with van der Waals surface area (Å²) in [7, 11) is 0. The molecule has 2 amide bonds. The highest BCUT2D eigenvalue weighted by molar-refractivity contribution is 7.12. The molecule has 2 atom stereocenters. The van der Waals surface area contributed by atoms with Crippen molar-refractivity contribution in [2.75, 3.05) is 6.54 Å². The fourth-order valence-electron chi connectivity index (χ4n) is 2.87. The molecule has 1 heterocycles. The van der Waals surface area contributed by atoms with Crippen LogP contribution in [0.4, 0.5) is 0 Å². The number of thiophene rings is 1. The Morgan fingerprint density at radius 1 is 1.17 bits per heavy atom. The lowest BCUT2D eigenvalue weighted by Crippen LogP contribution is -2.47. The first-order valence-corrected chi connectivity index (χ1v) is 8.80. The van der Waals surface area contributed by atoms with Gasteiger partial charge in [0.25, 0.3) is 5.91 Å². The topological polar surface area (TPSA) is 95.5 Å². The Hall–Kier alpha value is -1.89. The van der Waals surface area contributed by atoms with Crippen molar-refractivity contribution >= 4 is 29.1 Å². The highest BCUT2D eigenvalue weighted by Crippen LogP contribution is 2.23. The van der Waals surface area contributed by atoms with Gasteiger partial charge in [-0.3, -0.25) is 14.4 Å². The molecule has 1 aliphatic rings. The molecule has 6 nitrogen and oxygen atoms in total. The van der Waals surface area contributed by atoms with Gasteiger partial charge >= 0.3 is 5.97 Å². The number of hydrogen-bond donors (Lipinski definition) is 3. The molecule has 1 aliphatic carbocycles. The van der Waals surface area contributed by atoms with E-state index in [4.69, 9.17) is 0 Å². The van der Waals surface area contributed by atoms with Crippen molar-refractivity contribution in [1.82, 2.24) is 10.6 Å². The van der Waals surface area contributed by atoms with Gasteiger partial charge in [-0.2, -0.15) is 0 Å². The predicted molar refractivity (Wildman–Crippen MR) is 87.4 cm³/mol. The largest absolute Gasteiger partial charge is 0.481 e. The fourth-order valence-corrected chi connectivity index (χ4v) is 3.51. The van der Waals surface area contributed by atoms with Gasteiger partial charge in [0.2, 0.25) is 5.91 Å². The van der Waals surface area contributed by atoms with E-state index in [0.29, 0.717) is 17.7 Å². The van der Waals surface area contributed by atoms with Crippen LogP contribution in [0.2, 0.25) is 0 Å². The zero-order valence-electron chi connectivity index (χ0n) is 12.9. The molecule has 1 aromatic heterocycles. The third-order valence-electron chi connectivity index (χ3n) is 4.08. The standard InChI is InChI=1S/C16H22N2O4S/c19-14(10-17-15(20)13-8-5-9-23-13)18-12-7-4-2-1-3-6-11(12)16(21)22/h5,8-9,11-12H,1-4,6-7,10H2,(H,17,20)(H,18,19)(H,21,22). The van der Waals surface area contributed by atoms with Crippen LogP contribution >= 0.6 is 11.3 Å². The lowest BCUT2D eigenvalue weighted by molar-refractivity contribution is -0.143. The minimum absolute atomic E-state index is 0.139. The highest BCUT2D eigenvalue weighted by Gasteiger charge is 2.29. The van der Waals surface area contributed by atoms with Crippen molar-refractivity contribution in [3.05, 3.63) is 22.4 Å². The van der Waals surface area contributed by atoms with Gasteiger partial charge in [-0.05, 0) is 24.3 Å². The molecule has 23 heavy (non-hydrogen) atoms. The molecular formula is C16H22N2O4S. The molecule has 2 unspecified atom stereocenters. The van der Waals surface area contributed by atoms with E-state index in [2.05, 4.69) is 10.6 Å². The van der Waals surface area contributed by atoms with Crippen LogP contribution in [0, 0.1) is 5.92 Å². The van der Waals surface area contributed by atoms with Gasteiger partial charge in [-0.1, -0.05) is 31.7 Å². The summed E-state index contributed by atoms with van der Waals surface area (Å²) in [6.07, 6.45) is 5.15.